The third-order valence-corrected chi connectivity index (χ3v) is 3.02. The van der Waals surface area contributed by atoms with E-state index in [-0.39, 0.29) is 11.7 Å². The number of fused-ring (bicyclic) bond motifs is 1. The van der Waals surface area contributed by atoms with Gasteiger partial charge in [0.2, 0.25) is 5.95 Å². The number of carboxylic acid groups (broad SMARTS) is 1. The maximum absolute atomic E-state index is 10.8. The fourth-order valence-electron chi connectivity index (χ4n) is 1.78. The number of carboxylic acids is 1. The highest BCUT2D eigenvalue weighted by Crippen LogP contribution is 2.24. The summed E-state index contributed by atoms with van der Waals surface area (Å²) >= 11 is 0. The van der Waals surface area contributed by atoms with Crippen LogP contribution in [-0.2, 0) is 4.57 Å². The second-order valence-electron chi connectivity index (χ2n) is 3.67. The molecule has 1 aromatic heterocycles. The van der Waals surface area contributed by atoms with E-state index in [1.54, 1.807) is 4.57 Å². The summed E-state index contributed by atoms with van der Waals surface area (Å²) in [6.07, 6.45) is 2.17. The molecule has 2 heterocycles. The quantitative estimate of drug-likeness (QED) is 0.570. The number of hydrogen-bond acceptors (Lipinski definition) is 4. The van der Waals surface area contributed by atoms with E-state index in [0.29, 0.717) is 19.0 Å². The van der Waals surface area contributed by atoms with Crippen LogP contribution in [0.2, 0.25) is 0 Å². The Bertz CT molecular complexity index is 460. The maximum Gasteiger partial charge on any atom is 0.610 e. The Hall–Kier alpha value is -1.50. The summed E-state index contributed by atoms with van der Waals surface area (Å²) in [6.45, 7) is 0.959. The lowest BCUT2D eigenvalue weighted by Crippen LogP contribution is -2.28. The molecule has 0 amide bonds. The van der Waals surface area contributed by atoms with Crippen LogP contribution in [0.5, 0.6) is 0 Å². The third kappa shape index (κ3) is 2.60. The first-order valence-electron chi connectivity index (χ1n) is 5.03. The standard InChI is InChI=1S/C8H11N4O4P/c13-7(14)6-4-12-5(3-10-17(15)16)1-2-9-8(12)11-6/h4-5H,1-3H2,(H3-,9,10,11,13,14,15,16)/p+1. The first-order valence-corrected chi connectivity index (χ1v) is 6.25. The molecule has 0 aliphatic carbocycles. The van der Waals surface area contributed by atoms with Crippen molar-refractivity contribution < 1.29 is 19.4 Å². The van der Waals surface area contributed by atoms with E-state index >= 15 is 0 Å². The van der Waals surface area contributed by atoms with Gasteiger partial charge in [-0.1, -0.05) is 5.09 Å². The van der Waals surface area contributed by atoms with Crippen LogP contribution >= 0.6 is 8.18 Å². The van der Waals surface area contributed by atoms with Crippen molar-refractivity contribution >= 4 is 20.1 Å². The average Bonchev–Trinajstić information content (AvgIpc) is 2.70. The van der Waals surface area contributed by atoms with Gasteiger partial charge in [0, 0.05) is 12.7 Å². The molecule has 1 aliphatic heterocycles. The lowest BCUT2D eigenvalue weighted by molar-refractivity contribution is 0.0691. The second kappa shape index (κ2) is 4.79. The Balaban J connectivity index is 2.18. The van der Waals surface area contributed by atoms with Crippen molar-refractivity contribution in [3.8, 4) is 0 Å². The van der Waals surface area contributed by atoms with Crippen molar-refractivity contribution in [2.75, 3.05) is 18.4 Å². The number of anilines is 1. The van der Waals surface area contributed by atoms with Gasteiger partial charge in [0.05, 0.1) is 12.6 Å². The zero-order chi connectivity index (χ0) is 12.4. The van der Waals surface area contributed by atoms with Crippen LogP contribution in [0.25, 0.3) is 0 Å². The number of aromatic nitrogens is 2. The van der Waals surface area contributed by atoms with E-state index in [2.05, 4.69) is 15.4 Å². The van der Waals surface area contributed by atoms with Crippen LogP contribution in [0.3, 0.4) is 0 Å². The largest absolute Gasteiger partial charge is 0.610 e. The molecule has 0 bridgehead atoms. The van der Waals surface area contributed by atoms with E-state index in [9.17, 15) is 9.36 Å². The van der Waals surface area contributed by atoms with Gasteiger partial charge in [-0.2, -0.15) is 0 Å². The first-order chi connectivity index (χ1) is 8.08. The van der Waals surface area contributed by atoms with Crippen LogP contribution in [-0.4, -0.2) is 38.6 Å². The van der Waals surface area contributed by atoms with Crippen LogP contribution in [0.1, 0.15) is 23.0 Å². The maximum atomic E-state index is 10.8. The van der Waals surface area contributed by atoms with Gasteiger partial charge in [0.15, 0.2) is 5.69 Å². The lowest BCUT2D eigenvalue weighted by Gasteiger charge is -2.24. The molecule has 2 unspecified atom stereocenters. The number of rotatable bonds is 4. The van der Waals surface area contributed by atoms with E-state index in [0.717, 1.165) is 6.42 Å². The molecular formula is C8H12N4O4P+. The molecule has 4 N–H and O–H groups in total. The molecule has 17 heavy (non-hydrogen) atoms. The summed E-state index contributed by atoms with van der Waals surface area (Å²) < 4.78 is 12.2. The van der Waals surface area contributed by atoms with Gasteiger partial charge in [-0.15, -0.1) is 4.89 Å². The Morgan fingerprint density at radius 2 is 2.53 bits per heavy atom. The predicted octanol–water partition coefficient (Wildman–Crippen LogP) is 0.177. The van der Waals surface area contributed by atoms with Gasteiger partial charge in [0.25, 0.3) is 0 Å². The number of carbonyl (C=O) groups is 1. The van der Waals surface area contributed by atoms with Crippen LogP contribution in [0.15, 0.2) is 6.20 Å². The highest BCUT2D eigenvalue weighted by Gasteiger charge is 2.25. The summed E-state index contributed by atoms with van der Waals surface area (Å²) in [4.78, 5) is 23.4. The number of aromatic carboxylic acids is 1. The van der Waals surface area contributed by atoms with Gasteiger partial charge in [-0.3, -0.25) is 0 Å². The van der Waals surface area contributed by atoms with Crippen molar-refractivity contribution in [1.29, 1.82) is 0 Å². The average molecular weight is 259 g/mol. The Labute approximate surface area is 97.6 Å². The molecule has 9 heteroatoms. The Morgan fingerprint density at radius 3 is 3.18 bits per heavy atom. The minimum Gasteiger partial charge on any atom is -0.476 e. The van der Waals surface area contributed by atoms with Crippen LogP contribution in [0, 0.1) is 0 Å². The van der Waals surface area contributed by atoms with Gasteiger partial charge >= 0.3 is 14.1 Å². The predicted molar refractivity (Wildman–Crippen MR) is 59.2 cm³/mol. The minimum atomic E-state index is -2.39. The smallest absolute Gasteiger partial charge is 0.476 e. The lowest BCUT2D eigenvalue weighted by atomic mass is 10.2. The minimum absolute atomic E-state index is 0.0345. The first kappa shape index (κ1) is 12.0. The van der Waals surface area contributed by atoms with Gasteiger partial charge < -0.3 is 15.0 Å². The summed E-state index contributed by atoms with van der Waals surface area (Å²) in [5.41, 5.74) is -0.0345. The summed E-state index contributed by atoms with van der Waals surface area (Å²) in [5.74, 6) is -0.609. The molecule has 0 spiro atoms. The molecule has 1 aromatic rings. The highest BCUT2D eigenvalue weighted by atomic mass is 31.1. The van der Waals surface area contributed by atoms with Gasteiger partial charge in [-0.05, 0) is 11.0 Å². The van der Waals surface area contributed by atoms with Crippen LogP contribution in [0.4, 0.5) is 5.95 Å². The molecule has 8 nitrogen and oxygen atoms in total. The van der Waals surface area contributed by atoms with Crippen molar-refractivity contribution in [2.24, 2.45) is 0 Å². The third-order valence-electron chi connectivity index (χ3n) is 2.57. The second-order valence-corrected chi connectivity index (χ2v) is 4.53. The van der Waals surface area contributed by atoms with E-state index in [4.69, 9.17) is 10.00 Å². The van der Waals surface area contributed by atoms with Gasteiger partial charge in [-0.25, -0.2) is 9.78 Å². The SMILES string of the molecule is O=C(O)c1cn2c(n1)NCCC2CN[P+](=O)O. The topological polar surface area (TPSA) is 116 Å². The number of imidazole rings is 1. The zero-order valence-electron chi connectivity index (χ0n) is 8.83. The molecule has 0 saturated heterocycles. The monoisotopic (exact) mass is 259 g/mol. The molecule has 92 valence electrons. The van der Waals surface area contributed by atoms with Crippen molar-refractivity contribution in [3.63, 3.8) is 0 Å². The molecule has 0 saturated carbocycles. The van der Waals surface area contributed by atoms with Crippen LogP contribution < -0.4 is 10.4 Å². The van der Waals surface area contributed by atoms with E-state index in [1.807, 2.05) is 0 Å². The zero-order valence-corrected chi connectivity index (χ0v) is 9.72. The van der Waals surface area contributed by atoms with E-state index < -0.39 is 14.1 Å². The summed E-state index contributed by atoms with van der Waals surface area (Å²) in [6, 6.07) is -0.0713. The van der Waals surface area contributed by atoms with E-state index in [1.165, 1.54) is 6.20 Å². The molecule has 0 radical (unpaired) electrons. The summed E-state index contributed by atoms with van der Waals surface area (Å²) in [7, 11) is -2.39. The van der Waals surface area contributed by atoms with Gasteiger partial charge in [0.1, 0.15) is 0 Å². The Morgan fingerprint density at radius 1 is 1.76 bits per heavy atom. The fourth-order valence-corrected chi connectivity index (χ4v) is 2.15. The number of nitrogens with zero attached hydrogens (tertiary/aromatic N) is 2. The molecular weight excluding hydrogens is 247 g/mol. The van der Waals surface area contributed by atoms with Crippen molar-refractivity contribution in [2.45, 2.75) is 12.5 Å². The number of nitrogens with one attached hydrogen (secondary N) is 2. The fraction of sp³-hybridized carbons (Fsp3) is 0.500. The normalized spacial score (nSPS) is 19.4. The van der Waals surface area contributed by atoms with Crippen molar-refractivity contribution in [3.05, 3.63) is 11.9 Å². The molecule has 0 fully saturated rings. The number of hydrogen-bond donors (Lipinski definition) is 4. The molecule has 2 atom stereocenters. The highest BCUT2D eigenvalue weighted by molar-refractivity contribution is 7.35. The summed E-state index contributed by atoms with van der Waals surface area (Å²) in [5, 5.41) is 14.2. The Kier molecular flexibility index (Phi) is 3.37. The van der Waals surface area contributed by atoms with Crippen molar-refractivity contribution in [1.82, 2.24) is 14.6 Å². The molecule has 0 aromatic carbocycles. The molecule has 1 aliphatic rings. The molecule has 2 rings (SSSR count).